The average molecular weight is 377 g/mol. The molecule has 0 aliphatic carbocycles. The summed E-state index contributed by atoms with van der Waals surface area (Å²) in [5, 5.41) is 0.503. The van der Waals surface area contributed by atoms with E-state index >= 15 is 0 Å². The van der Waals surface area contributed by atoms with Crippen LogP contribution in [0.25, 0.3) is 11.0 Å². The minimum Gasteiger partial charge on any atom is -0.450 e. The lowest BCUT2D eigenvalue weighted by atomic mass is 9.97. The number of ether oxygens (including phenoxy) is 1. The topological polar surface area (TPSA) is 59.8 Å². The van der Waals surface area contributed by atoms with E-state index in [4.69, 9.17) is 9.15 Å². The number of rotatable bonds is 6. The Balaban J connectivity index is 1.88. The van der Waals surface area contributed by atoms with E-state index in [9.17, 15) is 9.59 Å². The van der Waals surface area contributed by atoms with Crippen LogP contribution in [0.5, 0.6) is 0 Å². The molecule has 4 rings (SSSR count). The van der Waals surface area contributed by atoms with Crippen LogP contribution < -0.4 is 5.43 Å². The van der Waals surface area contributed by atoms with Crippen molar-refractivity contribution in [2.75, 3.05) is 20.3 Å². The molecule has 1 aliphatic rings. The zero-order valence-corrected chi connectivity index (χ0v) is 16.1. The molecule has 0 saturated heterocycles. The Morgan fingerprint density at radius 1 is 1.07 bits per heavy atom. The standard InChI is InChI=1S/C23H23NO4/c1-3-15-9-11-16(12-10-15)20-19-21(25)17-7-4-5-8-18(17)28-22(19)23(26)24(20)13-6-14-27-2/h4-5,7-12,20H,3,6,13-14H2,1-2H3. The van der Waals surface area contributed by atoms with Gasteiger partial charge in [-0.25, -0.2) is 0 Å². The first kappa shape index (κ1) is 18.4. The van der Waals surface area contributed by atoms with Gasteiger partial charge in [0.1, 0.15) is 5.58 Å². The molecule has 2 heterocycles. The summed E-state index contributed by atoms with van der Waals surface area (Å²) in [5.74, 6) is -0.0794. The van der Waals surface area contributed by atoms with Gasteiger partial charge in [-0.1, -0.05) is 43.3 Å². The third-order valence-electron chi connectivity index (χ3n) is 5.32. The van der Waals surface area contributed by atoms with Gasteiger partial charge in [-0.2, -0.15) is 0 Å². The minimum absolute atomic E-state index is 0.135. The van der Waals surface area contributed by atoms with Gasteiger partial charge in [0.15, 0.2) is 5.43 Å². The largest absolute Gasteiger partial charge is 0.450 e. The molecule has 1 atom stereocenters. The number of amides is 1. The molecule has 1 unspecified atom stereocenters. The van der Waals surface area contributed by atoms with Crippen LogP contribution >= 0.6 is 0 Å². The van der Waals surface area contributed by atoms with Crippen molar-refractivity contribution in [3.8, 4) is 0 Å². The summed E-state index contributed by atoms with van der Waals surface area (Å²) in [4.78, 5) is 28.2. The van der Waals surface area contributed by atoms with E-state index in [1.165, 1.54) is 5.56 Å². The van der Waals surface area contributed by atoms with E-state index in [0.717, 1.165) is 12.0 Å². The van der Waals surface area contributed by atoms with E-state index in [2.05, 4.69) is 6.92 Å². The number of para-hydroxylation sites is 1. The minimum atomic E-state index is -0.439. The van der Waals surface area contributed by atoms with Gasteiger partial charge < -0.3 is 14.1 Å². The van der Waals surface area contributed by atoms with Gasteiger partial charge in [0.05, 0.1) is 17.0 Å². The Morgan fingerprint density at radius 2 is 1.82 bits per heavy atom. The van der Waals surface area contributed by atoms with Crippen LogP contribution in [0.2, 0.25) is 0 Å². The monoisotopic (exact) mass is 377 g/mol. The normalized spacial score (nSPS) is 16.0. The molecule has 0 spiro atoms. The van der Waals surface area contributed by atoms with Gasteiger partial charge >= 0.3 is 0 Å². The first-order chi connectivity index (χ1) is 13.7. The molecular formula is C23H23NO4. The highest BCUT2D eigenvalue weighted by atomic mass is 16.5. The van der Waals surface area contributed by atoms with E-state index in [-0.39, 0.29) is 17.1 Å². The first-order valence-corrected chi connectivity index (χ1v) is 9.60. The van der Waals surface area contributed by atoms with E-state index in [1.807, 2.05) is 30.3 Å². The number of fused-ring (bicyclic) bond motifs is 2. The fourth-order valence-electron chi connectivity index (χ4n) is 3.86. The summed E-state index contributed by atoms with van der Waals surface area (Å²) in [6.45, 7) is 3.14. The second-order valence-electron chi connectivity index (χ2n) is 7.01. The molecule has 1 amide bonds. The zero-order valence-electron chi connectivity index (χ0n) is 16.1. The van der Waals surface area contributed by atoms with Gasteiger partial charge in [-0.05, 0) is 36.1 Å². The lowest BCUT2D eigenvalue weighted by Crippen LogP contribution is -2.31. The molecule has 144 valence electrons. The number of methoxy groups -OCH3 is 1. The molecule has 28 heavy (non-hydrogen) atoms. The molecule has 2 aromatic carbocycles. The number of hydrogen-bond acceptors (Lipinski definition) is 4. The van der Waals surface area contributed by atoms with Crippen LogP contribution in [0.4, 0.5) is 0 Å². The summed E-state index contributed by atoms with van der Waals surface area (Å²) in [6.07, 6.45) is 1.62. The number of benzene rings is 2. The molecule has 0 saturated carbocycles. The molecule has 0 fully saturated rings. The number of carbonyl (C=O) groups excluding carboxylic acids is 1. The summed E-state index contributed by atoms with van der Waals surface area (Å²) in [7, 11) is 1.64. The SMILES string of the molecule is CCc1ccc(C2c3c(oc4ccccc4c3=O)C(=O)N2CCCOC)cc1. The summed E-state index contributed by atoms with van der Waals surface area (Å²) < 4.78 is 11.1. The fraction of sp³-hybridized carbons (Fsp3) is 0.304. The van der Waals surface area contributed by atoms with Crippen LogP contribution in [-0.4, -0.2) is 31.1 Å². The maximum absolute atomic E-state index is 13.3. The maximum atomic E-state index is 13.3. The van der Waals surface area contributed by atoms with Crippen molar-refractivity contribution in [3.63, 3.8) is 0 Å². The van der Waals surface area contributed by atoms with Crippen LogP contribution in [0.1, 0.15) is 46.6 Å². The Morgan fingerprint density at radius 3 is 2.54 bits per heavy atom. The Labute approximate surface area is 163 Å². The van der Waals surface area contributed by atoms with Gasteiger partial charge in [-0.15, -0.1) is 0 Å². The third-order valence-corrected chi connectivity index (χ3v) is 5.32. The fourth-order valence-corrected chi connectivity index (χ4v) is 3.86. The summed E-state index contributed by atoms with van der Waals surface area (Å²) in [6, 6.07) is 14.7. The number of nitrogens with zero attached hydrogens (tertiary/aromatic N) is 1. The van der Waals surface area contributed by atoms with Gasteiger partial charge in [0.2, 0.25) is 5.76 Å². The predicted octanol–water partition coefficient (Wildman–Crippen LogP) is 3.94. The van der Waals surface area contributed by atoms with Gasteiger partial charge in [0.25, 0.3) is 5.91 Å². The van der Waals surface area contributed by atoms with Gasteiger partial charge in [-0.3, -0.25) is 9.59 Å². The molecule has 3 aromatic rings. The van der Waals surface area contributed by atoms with Crippen molar-refractivity contribution in [2.45, 2.75) is 25.8 Å². The van der Waals surface area contributed by atoms with Crippen molar-refractivity contribution in [1.29, 1.82) is 0 Å². The predicted molar refractivity (Wildman–Crippen MR) is 108 cm³/mol. The smallest absolute Gasteiger partial charge is 0.290 e. The van der Waals surface area contributed by atoms with Crippen molar-refractivity contribution < 1.29 is 13.9 Å². The second kappa shape index (κ2) is 7.60. The lowest BCUT2D eigenvalue weighted by molar-refractivity contribution is 0.0708. The first-order valence-electron chi connectivity index (χ1n) is 9.60. The molecule has 5 heteroatoms. The quantitative estimate of drug-likeness (QED) is 0.611. The van der Waals surface area contributed by atoms with Crippen LogP contribution in [0, 0.1) is 0 Å². The van der Waals surface area contributed by atoms with E-state index in [0.29, 0.717) is 36.1 Å². The van der Waals surface area contributed by atoms with Crippen molar-refractivity contribution in [2.24, 2.45) is 0 Å². The Hall–Kier alpha value is -2.92. The molecule has 0 radical (unpaired) electrons. The lowest BCUT2D eigenvalue weighted by Gasteiger charge is -2.25. The maximum Gasteiger partial charge on any atom is 0.290 e. The summed E-state index contributed by atoms with van der Waals surface area (Å²) in [5.41, 5.74) is 2.88. The highest BCUT2D eigenvalue weighted by molar-refractivity contribution is 5.99. The molecule has 1 aromatic heterocycles. The molecule has 5 nitrogen and oxygen atoms in total. The van der Waals surface area contributed by atoms with Gasteiger partial charge in [0, 0.05) is 20.3 Å². The molecule has 0 bridgehead atoms. The summed E-state index contributed by atoms with van der Waals surface area (Å²) >= 11 is 0. The van der Waals surface area contributed by atoms with Crippen molar-refractivity contribution in [1.82, 2.24) is 4.90 Å². The number of aryl methyl sites for hydroxylation is 1. The van der Waals surface area contributed by atoms with Crippen LogP contribution in [-0.2, 0) is 11.2 Å². The third kappa shape index (κ3) is 3.02. The number of hydrogen-bond donors (Lipinski definition) is 0. The highest BCUT2D eigenvalue weighted by Gasteiger charge is 2.42. The molecular weight excluding hydrogens is 354 g/mol. The highest BCUT2D eigenvalue weighted by Crippen LogP contribution is 2.38. The second-order valence-corrected chi connectivity index (χ2v) is 7.01. The average Bonchev–Trinajstić information content (AvgIpc) is 3.01. The van der Waals surface area contributed by atoms with Crippen LogP contribution in [0.15, 0.2) is 57.7 Å². The Kier molecular flexibility index (Phi) is 5.01. The van der Waals surface area contributed by atoms with Crippen molar-refractivity contribution in [3.05, 3.63) is 81.2 Å². The number of carbonyl (C=O) groups is 1. The Bertz CT molecular complexity index is 1070. The van der Waals surface area contributed by atoms with E-state index in [1.54, 1.807) is 30.2 Å². The molecule has 1 aliphatic heterocycles. The van der Waals surface area contributed by atoms with E-state index < -0.39 is 6.04 Å². The molecule has 0 N–H and O–H groups in total. The zero-order chi connectivity index (χ0) is 19.7. The van der Waals surface area contributed by atoms with Crippen molar-refractivity contribution >= 4 is 16.9 Å². The van der Waals surface area contributed by atoms with Crippen LogP contribution in [0.3, 0.4) is 0 Å².